The molecule has 0 aromatic carbocycles. The first-order valence-electron chi connectivity index (χ1n) is 6.81. The summed E-state index contributed by atoms with van der Waals surface area (Å²) in [5.74, 6) is 0.101. The van der Waals surface area contributed by atoms with E-state index in [9.17, 15) is 4.79 Å². The van der Waals surface area contributed by atoms with Gasteiger partial charge in [0.1, 0.15) is 0 Å². The molecule has 1 saturated carbocycles. The Morgan fingerprint density at radius 3 is 2.61 bits per heavy atom. The minimum atomic E-state index is -0.327. The van der Waals surface area contributed by atoms with Crippen molar-refractivity contribution in [3.63, 3.8) is 0 Å². The monoisotopic (exact) mass is 254 g/mol. The van der Waals surface area contributed by atoms with Gasteiger partial charge >= 0.3 is 0 Å². The predicted molar refractivity (Wildman–Crippen MR) is 73.2 cm³/mol. The lowest BCUT2D eigenvalue weighted by atomic mass is 9.73. The number of nitrogens with one attached hydrogen (secondary N) is 1. The van der Waals surface area contributed by atoms with E-state index in [2.05, 4.69) is 11.9 Å². The Morgan fingerprint density at radius 2 is 2.06 bits per heavy atom. The van der Waals surface area contributed by atoms with Crippen LogP contribution in [0.15, 0.2) is 12.2 Å². The Hall–Kier alpha value is -0.870. The molecule has 0 aromatic heterocycles. The Kier molecular flexibility index (Phi) is 6.36. The van der Waals surface area contributed by atoms with Crippen molar-refractivity contribution in [2.45, 2.75) is 39.0 Å². The molecule has 0 bridgehead atoms. The normalized spacial score (nSPS) is 18.3. The van der Waals surface area contributed by atoms with E-state index < -0.39 is 0 Å². The lowest BCUT2D eigenvalue weighted by Crippen LogP contribution is -2.47. The van der Waals surface area contributed by atoms with Gasteiger partial charge in [-0.15, -0.1) is 0 Å². The molecular formula is C14H26N2O2. The molecular weight excluding hydrogens is 228 g/mol. The highest BCUT2D eigenvalue weighted by Gasteiger charge is 2.37. The largest absolute Gasteiger partial charge is 0.375 e. The molecule has 4 heteroatoms. The van der Waals surface area contributed by atoms with Crippen molar-refractivity contribution in [2.24, 2.45) is 11.1 Å². The molecule has 0 spiro atoms. The van der Waals surface area contributed by atoms with E-state index >= 15 is 0 Å². The average Bonchev–Trinajstić information content (AvgIpc) is 2.38. The van der Waals surface area contributed by atoms with Crippen molar-refractivity contribution < 1.29 is 9.53 Å². The smallest absolute Gasteiger partial charge is 0.227 e. The summed E-state index contributed by atoms with van der Waals surface area (Å²) in [5, 5.41) is 2.94. The van der Waals surface area contributed by atoms with Gasteiger partial charge in [-0.05, 0) is 19.8 Å². The Morgan fingerprint density at radius 1 is 1.39 bits per heavy atom. The molecule has 1 aliphatic rings. The SMILES string of the molecule is C=C(C)COCCNC(=O)C1(CN)CCCCC1. The Labute approximate surface area is 110 Å². The first kappa shape index (κ1) is 15.2. The van der Waals surface area contributed by atoms with E-state index in [1.54, 1.807) is 0 Å². The zero-order chi connectivity index (χ0) is 13.4. The van der Waals surface area contributed by atoms with Gasteiger partial charge < -0.3 is 15.8 Å². The molecule has 1 fully saturated rings. The topological polar surface area (TPSA) is 64.3 Å². The number of carbonyl (C=O) groups excluding carboxylic acids is 1. The molecule has 1 amide bonds. The van der Waals surface area contributed by atoms with Crippen LogP contribution in [0.25, 0.3) is 0 Å². The van der Waals surface area contributed by atoms with Gasteiger partial charge in [0.2, 0.25) is 5.91 Å². The van der Waals surface area contributed by atoms with Crippen molar-refractivity contribution in [3.05, 3.63) is 12.2 Å². The first-order chi connectivity index (χ1) is 8.60. The molecule has 104 valence electrons. The number of amides is 1. The van der Waals surface area contributed by atoms with Crippen molar-refractivity contribution >= 4 is 5.91 Å². The van der Waals surface area contributed by atoms with Gasteiger partial charge in [0.15, 0.2) is 0 Å². The van der Waals surface area contributed by atoms with Crippen molar-refractivity contribution in [1.82, 2.24) is 5.32 Å². The Bertz CT molecular complexity index is 284. The molecule has 0 radical (unpaired) electrons. The fourth-order valence-corrected chi connectivity index (χ4v) is 2.42. The molecule has 0 aromatic rings. The predicted octanol–water partition coefficient (Wildman–Crippen LogP) is 1.60. The van der Waals surface area contributed by atoms with Gasteiger partial charge in [-0.2, -0.15) is 0 Å². The number of hydrogen-bond acceptors (Lipinski definition) is 3. The van der Waals surface area contributed by atoms with Crippen LogP contribution < -0.4 is 11.1 Å². The minimum absolute atomic E-state index is 0.101. The zero-order valence-electron chi connectivity index (χ0n) is 11.5. The standard InChI is InChI=1S/C14H26N2O2/c1-12(2)10-18-9-8-16-13(17)14(11-15)6-4-3-5-7-14/h1,3-11,15H2,2H3,(H,16,17). The summed E-state index contributed by atoms with van der Waals surface area (Å²) in [6.07, 6.45) is 5.27. The minimum Gasteiger partial charge on any atom is -0.375 e. The quantitative estimate of drug-likeness (QED) is 0.536. The molecule has 1 rings (SSSR count). The van der Waals surface area contributed by atoms with Crippen LogP contribution in [0.1, 0.15) is 39.0 Å². The van der Waals surface area contributed by atoms with Crippen LogP contribution in [0.2, 0.25) is 0 Å². The molecule has 18 heavy (non-hydrogen) atoms. The molecule has 0 atom stereocenters. The molecule has 0 unspecified atom stereocenters. The molecule has 0 saturated heterocycles. The van der Waals surface area contributed by atoms with E-state index in [-0.39, 0.29) is 11.3 Å². The van der Waals surface area contributed by atoms with E-state index in [0.717, 1.165) is 31.3 Å². The van der Waals surface area contributed by atoms with Gasteiger partial charge in [-0.1, -0.05) is 31.4 Å². The number of rotatable bonds is 7. The molecule has 0 aliphatic heterocycles. The lowest BCUT2D eigenvalue weighted by molar-refractivity contribution is -0.132. The second kappa shape index (κ2) is 7.54. The fraction of sp³-hybridized carbons (Fsp3) is 0.786. The van der Waals surface area contributed by atoms with Crippen molar-refractivity contribution in [3.8, 4) is 0 Å². The molecule has 4 nitrogen and oxygen atoms in total. The van der Waals surface area contributed by atoms with E-state index in [1.807, 2.05) is 6.92 Å². The van der Waals surface area contributed by atoms with Crippen molar-refractivity contribution in [1.29, 1.82) is 0 Å². The summed E-state index contributed by atoms with van der Waals surface area (Å²) in [7, 11) is 0. The average molecular weight is 254 g/mol. The zero-order valence-corrected chi connectivity index (χ0v) is 11.5. The van der Waals surface area contributed by atoms with E-state index in [0.29, 0.717) is 26.3 Å². The van der Waals surface area contributed by atoms with Crippen molar-refractivity contribution in [2.75, 3.05) is 26.3 Å². The summed E-state index contributed by atoms with van der Waals surface area (Å²) in [6.45, 7) is 7.76. The third-order valence-corrected chi connectivity index (χ3v) is 3.56. The van der Waals surface area contributed by atoms with Gasteiger partial charge in [0.25, 0.3) is 0 Å². The maximum absolute atomic E-state index is 12.2. The van der Waals surface area contributed by atoms with Gasteiger partial charge in [0, 0.05) is 13.1 Å². The van der Waals surface area contributed by atoms with Crippen LogP contribution >= 0.6 is 0 Å². The molecule has 1 aliphatic carbocycles. The maximum Gasteiger partial charge on any atom is 0.227 e. The van der Waals surface area contributed by atoms with Crippen LogP contribution in [-0.4, -0.2) is 32.2 Å². The number of ether oxygens (including phenoxy) is 1. The molecule has 0 heterocycles. The second-order valence-corrected chi connectivity index (χ2v) is 5.31. The van der Waals surface area contributed by atoms with Crippen LogP contribution in [0.4, 0.5) is 0 Å². The van der Waals surface area contributed by atoms with Crippen LogP contribution in [0, 0.1) is 5.41 Å². The highest BCUT2D eigenvalue weighted by atomic mass is 16.5. The third-order valence-electron chi connectivity index (χ3n) is 3.56. The number of carbonyl (C=O) groups is 1. The van der Waals surface area contributed by atoms with Gasteiger partial charge in [-0.25, -0.2) is 0 Å². The Balaban J connectivity index is 2.27. The summed E-state index contributed by atoms with van der Waals surface area (Å²) in [6, 6.07) is 0. The van der Waals surface area contributed by atoms with Crippen LogP contribution in [0.5, 0.6) is 0 Å². The highest BCUT2D eigenvalue weighted by Crippen LogP contribution is 2.35. The summed E-state index contributed by atoms with van der Waals surface area (Å²) in [5.41, 5.74) is 6.47. The highest BCUT2D eigenvalue weighted by molar-refractivity contribution is 5.83. The van der Waals surface area contributed by atoms with Crippen LogP contribution in [-0.2, 0) is 9.53 Å². The van der Waals surface area contributed by atoms with Gasteiger partial charge in [0.05, 0.1) is 18.6 Å². The third kappa shape index (κ3) is 4.42. The first-order valence-corrected chi connectivity index (χ1v) is 6.81. The molecule has 3 N–H and O–H groups in total. The second-order valence-electron chi connectivity index (χ2n) is 5.31. The number of nitrogens with two attached hydrogens (primary N) is 1. The summed E-state index contributed by atoms with van der Waals surface area (Å²) in [4.78, 5) is 12.2. The fourth-order valence-electron chi connectivity index (χ4n) is 2.42. The lowest BCUT2D eigenvalue weighted by Gasteiger charge is -2.34. The maximum atomic E-state index is 12.2. The van der Waals surface area contributed by atoms with E-state index in [1.165, 1.54) is 6.42 Å². The summed E-state index contributed by atoms with van der Waals surface area (Å²) < 4.78 is 5.35. The van der Waals surface area contributed by atoms with E-state index in [4.69, 9.17) is 10.5 Å². The number of hydrogen-bond donors (Lipinski definition) is 2. The summed E-state index contributed by atoms with van der Waals surface area (Å²) >= 11 is 0. The van der Waals surface area contributed by atoms with Crippen LogP contribution in [0.3, 0.4) is 0 Å². The van der Waals surface area contributed by atoms with Gasteiger partial charge in [-0.3, -0.25) is 4.79 Å².